The largest absolute Gasteiger partial charge is 0.496 e. The van der Waals surface area contributed by atoms with Gasteiger partial charge in [0.2, 0.25) is 0 Å². The Kier molecular flexibility index (Phi) is 6.01. The molecule has 2 aromatic carbocycles. The van der Waals surface area contributed by atoms with E-state index in [0.29, 0.717) is 30.7 Å². The Morgan fingerprint density at radius 1 is 1.23 bits per heavy atom. The van der Waals surface area contributed by atoms with Gasteiger partial charge in [0.05, 0.1) is 13.7 Å². The Hall–Kier alpha value is -2.24. The molecule has 6 heteroatoms. The molecule has 1 aliphatic rings. The topological polar surface area (TPSA) is 68.9 Å². The highest BCUT2D eigenvalue weighted by atomic mass is 35.5. The Balaban J connectivity index is 1.86. The van der Waals surface area contributed by atoms with Gasteiger partial charge < -0.3 is 20.5 Å². The van der Waals surface area contributed by atoms with Crippen LogP contribution < -0.4 is 15.8 Å². The number of aliphatic imine (C=N–C) groups is 1. The second-order valence-corrected chi connectivity index (χ2v) is 6.87. The number of para-hydroxylation sites is 1. The van der Waals surface area contributed by atoms with Crippen LogP contribution in [0.1, 0.15) is 18.4 Å². The first-order valence-corrected chi connectivity index (χ1v) is 9.04. The third-order valence-electron chi connectivity index (χ3n) is 4.78. The van der Waals surface area contributed by atoms with Crippen molar-refractivity contribution in [2.24, 2.45) is 10.7 Å². The molecule has 0 aromatic heterocycles. The molecule has 5 nitrogen and oxygen atoms in total. The van der Waals surface area contributed by atoms with Crippen LogP contribution in [-0.4, -0.2) is 32.8 Å². The monoisotopic (exact) mass is 373 g/mol. The van der Waals surface area contributed by atoms with Crippen LogP contribution in [0.3, 0.4) is 0 Å². The number of nitrogens with one attached hydrogen (secondary N) is 1. The van der Waals surface area contributed by atoms with Gasteiger partial charge in [-0.15, -0.1) is 0 Å². The summed E-state index contributed by atoms with van der Waals surface area (Å²) in [5.74, 6) is 1.21. The zero-order chi connectivity index (χ0) is 18.4. The fourth-order valence-corrected chi connectivity index (χ4v) is 3.49. The number of anilines is 1. The minimum absolute atomic E-state index is 0.211. The lowest BCUT2D eigenvalue weighted by atomic mass is 9.73. The van der Waals surface area contributed by atoms with Crippen LogP contribution in [-0.2, 0) is 10.2 Å². The summed E-state index contributed by atoms with van der Waals surface area (Å²) in [6.07, 6.45) is 1.68. The smallest absolute Gasteiger partial charge is 0.193 e. The predicted octanol–water partition coefficient (Wildman–Crippen LogP) is 3.82. The molecule has 26 heavy (non-hydrogen) atoms. The summed E-state index contributed by atoms with van der Waals surface area (Å²) in [7, 11) is 1.67. The molecular weight excluding hydrogens is 350 g/mol. The lowest BCUT2D eigenvalue weighted by Gasteiger charge is -2.37. The van der Waals surface area contributed by atoms with E-state index in [2.05, 4.69) is 10.3 Å². The highest BCUT2D eigenvalue weighted by molar-refractivity contribution is 6.30. The maximum Gasteiger partial charge on any atom is 0.193 e. The number of methoxy groups -OCH3 is 1. The fourth-order valence-electron chi connectivity index (χ4n) is 3.31. The quantitative estimate of drug-likeness (QED) is 0.617. The molecule has 0 bridgehead atoms. The Bertz CT molecular complexity index is 759. The van der Waals surface area contributed by atoms with Crippen molar-refractivity contribution in [2.45, 2.75) is 18.3 Å². The van der Waals surface area contributed by atoms with Crippen molar-refractivity contribution < 1.29 is 9.47 Å². The van der Waals surface area contributed by atoms with Gasteiger partial charge in [0.1, 0.15) is 5.75 Å². The number of hydrogen-bond acceptors (Lipinski definition) is 3. The lowest BCUT2D eigenvalue weighted by molar-refractivity contribution is 0.0523. The van der Waals surface area contributed by atoms with E-state index in [1.54, 1.807) is 7.11 Å². The van der Waals surface area contributed by atoms with Crippen LogP contribution in [0, 0.1) is 0 Å². The summed E-state index contributed by atoms with van der Waals surface area (Å²) in [4.78, 5) is 4.63. The average Bonchev–Trinajstić information content (AvgIpc) is 2.68. The van der Waals surface area contributed by atoms with Gasteiger partial charge in [-0.1, -0.05) is 29.8 Å². The highest BCUT2D eigenvalue weighted by Gasteiger charge is 2.37. The summed E-state index contributed by atoms with van der Waals surface area (Å²) in [6, 6.07) is 15.5. The number of guanidine groups is 1. The zero-order valence-electron chi connectivity index (χ0n) is 14.9. The van der Waals surface area contributed by atoms with Crippen LogP contribution in [0.25, 0.3) is 0 Å². The molecular formula is C20H24ClN3O2. The van der Waals surface area contributed by atoms with E-state index in [1.807, 2.05) is 48.5 Å². The lowest BCUT2D eigenvalue weighted by Crippen LogP contribution is -2.38. The molecule has 138 valence electrons. The number of ether oxygens (including phenoxy) is 2. The number of rotatable bonds is 5. The van der Waals surface area contributed by atoms with Gasteiger partial charge in [0, 0.05) is 34.9 Å². The molecule has 1 heterocycles. The molecule has 1 fully saturated rings. The van der Waals surface area contributed by atoms with Crippen LogP contribution in [0.2, 0.25) is 5.02 Å². The molecule has 0 spiro atoms. The average molecular weight is 374 g/mol. The van der Waals surface area contributed by atoms with Crippen molar-refractivity contribution in [3.63, 3.8) is 0 Å². The molecule has 0 radical (unpaired) electrons. The summed E-state index contributed by atoms with van der Waals surface area (Å²) >= 11 is 6.27. The molecule has 0 unspecified atom stereocenters. The maximum atomic E-state index is 6.27. The maximum absolute atomic E-state index is 6.27. The SMILES string of the molecule is COc1ccc(Cl)cc1C1(CN=C(N)Nc2ccccc2)CCOCC1. The first kappa shape index (κ1) is 18.5. The zero-order valence-corrected chi connectivity index (χ0v) is 15.6. The molecule has 1 aliphatic heterocycles. The second-order valence-electron chi connectivity index (χ2n) is 6.43. The van der Waals surface area contributed by atoms with Gasteiger partial charge in [-0.25, -0.2) is 0 Å². The molecule has 3 rings (SSSR count). The minimum atomic E-state index is -0.211. The van der Waals surface area contributed by atoms with Crippen LogP contribution in [0.5, 0.6) is 5.75 Å². The minimum Gasteiger partial charge on any atom is -0.496 e. The normalized spacial score (nSPS) is 16.9. The summed E-state index contributed by atoms with van der Waals surface area (Å²) in [5, 5.41) is 3.82. The van der Waals surface area contributed by atoms with E-state index >= 15 is 0 Å². The number of benzene rings is 2. The van der Waals surface area contributed by atoms with Gasteiger partial charge in [0.25, 0.3) is 0 Å². The second kappa shape index (κ2) is 8.43. The first-order valence-electron chi connectivity index (χ1n) is 8.67. The van der Waals surface area contributed by atoms with E-state index in [-0.39, 0.29) is 5.41 Å². The predicted molar refractivity (Wildman–Crippen MR) is 106 cm³/mol. The van der Waals surface area contributed by atoms with Crippen LogP contribution >= 0.6 is 11.6 Å². The standard InChI is InChI=1S/C20H24ClN3O2/c1-25-18-8-7-15(21)13-17(18)20(9-11-26-12-10-20)14-23-19(22)24-16-5-3-2-4-6-16/h2-8,13H,9-12,14H2,1H3,(H3,22,23,24). The molecule has 1 saturated heterocycles. The highest BCUT2D eigenvalue weighted by Crippen LogP contribution is 2.41. The van der Waals surface area contributed by atoms with Gasteiger partial charge in [-0.05, 0) is 43.2 Å². The van der Waals surface area contributed by atoms with E-state index in [4.69, 9.17) is 26.8 Å². The Morgan fingerprint density at radius 3 is 2.65 bits per heavy atom. The third-order valence-corrected chi connectivity index (χ3v) is 5.02. The molecule has 0 atom stereocenters. The van der Waals surface area contributed by atoms with Crippen molar-refractivity contribution in [2.75, 3.05) is 32.2 Å². The van der Waals surface area contributed by atoms with E-state index in [0.717, 1.165) is 29.8 Å². The summed E-state index contributed by atoms with van der Waals surface area (Å²) in [5.41, 5.74) is 7.87. The van der Waals surface area contributed by atoms with Crippen molar-refractivity contribution in [3.05, 3.63) is 59.1 Å². The summed E-state index contributed by atoms with van der Waals surface area (Å²) in [6.45, 7) is 1.90. The van der Waals surface area contributed by atoms with E-state index in [1.165, 1.54) is 0 Å². The molecule has 0 aliphatic carbocycles. The van der Waals surface area contributed by atoms with Gasteiger partial charge >= 0.3 is 0 Å². The third kappa shape index (κ3) is 4.29. The first-order chi connectivity index (χ1) is 12.6. The Labute approximate surface area is 159 Å². The van der Waals surface area contributed by atoms with E-state index in [9.17, 15) is 0 Å². The number of halogens is 1. The summed E-state index contributed by atoms with van der Waals surface area (Å²) < 4.78 is 11.2. The van der Waals surface area contributed by atoms with Crippen molar-refractivity contribution in [1.29, 1.82) is 0 Å². The Morgan fingerprint density at radius 2 is 1.96 bits per heavy atom. The number of nitrogens with two attached hydrogens (primary N) is 1. The molecule has 0 saturated carbocycles. The number of nitrogens with zero attached hydrogens (tertiary/aromatic N) is 1. The molecule has 3 N–H and O–H groups in total. The van der Waals surface area contributed by atoms with Gasteiger partial charge in [-0.2, -0.15) is 0 Å². The van der Waals surface area contributed by atoms with Crippen molar-refractivity contribution in [3.8, 4) is 5.75 Å². The fraction of sp³-hybridized carbons (Fsp3) is 0.350. The van der Waals surface area contributed by atoms with Crippen LogP contribution in [0.15, 0.2) is 53.5 Å². The van der Waals surface area contributed by atoms with Crippen molar-refractivity contribution in [1.82, 2.24) is 0 Å². The van der Waals surface area contributed by atoms with Crippen LogP contribution in [0.4, 0.5) is 5.69 Å². The van der Waals surface area contributed by atoms with Gasteiger partial charge in [-0.3, -0.25) is 4.99 Å². The number of hydrogen-bond donors (Lipinski definition) is 2. The van der Waals surface area contributed by atoms with Crippen molar-refractivity contribution >= 4 is 23.2 Å². The molecule has 2 aromatic rings. The van der Waals surface area contributed by atoms with E-state index < -0.39 is 0 Å². The van der Waals surface area contributed by atoms with Gasteiger partial charge in [0.15, 0.2) is 5.96 Å². The molecule has 0 amide bonds.